The van der Waals surface area contributed by atoms with Gasteiger partial charge in [-0.2, -0.15) is 5.10 Å². The number of aromatic nitrogens is 2. The standard InChI is InChI=1S/C7H11N3O2.2ClH/c1-12-7(11)6(8)4-5-2-3-9-10-5;;/h2-3,6H,4,8H2,1H3,(H,9,10);2*1H. The molecule has 0 aliphatic heterocycles. The highest BCUT2D eigenvalue weighted by Crippen LogP contribution is 1.97. The average molecular weight is 242 g/mol. The first-order valence-electron chi connectivity index (χ1n) is 3.55. The van der Waals surface area contributed by atoms with Crippen molar-refractivity contribution >= 4 is 30.8 Å². The van der Waals surface area contributed by atoms with Crippen molar-refractivity contribution in [1.29, 1.82) is 0 Å². The van der Waals surface area contributed by atoms with Crippen LogP contribution in [0.25, 0.3) is 0 Å². The number of nitrogens with zero attached hydrogens (tertiary/aromatic N) is 1. The van der Waals surface area contributed by atoms with E-state index in [9.17, 15) is 4.79 Å². The van der Waals surface area contributed by atoms with Crippen molar-refractivity contribution < 1.29 is 9.53 Å². The summed E-state index contributed by atoms with van der Waals surface area (Å²) < 4.78 is 4.46. The summed E-state index contributed by atoms with van der Waals surface area (Å²) in [5, 5.41) is 6.44. The van der Waals surface area contributed by atoms with Crippen molar-refractivity contribution in [2.75, 3.05) is 7.11 Å². The third-order valence-electron chi connectivity index (χ3n) is 1.50. The normalized spacial score (nSPS) is 10.7. The molecule has 3 N–H and O–H groups in total. The maximum absolute atomic E-state index is 10.9. The Morgan fingerprint density at radius 1 is 1.71 bits per heavy atom. The maximum atomic E-state index is 10.9. The quantitative estimate of drug-likeness (QED) is 0.747. The van der Waals surface area contributed by atoms with Crippen molar-refractivity contribution in [3.8, 4) is 0 Å². The number of halogens is 2. The molecule has 1 aromatic rings. The molecule has 0 fully saturated rings. The number of methoxy groups -OCH3 is 1. The van der Waals surface area contributed by atoms with E-state index in [0.29, 0.717) is 6.42 Å². The molecule has 0 aliphatic carbocycles. The first-order valence-corrected chi connectivity index (χ1v) is 3.55. The van der Waals surface area contributed by atoms with E-state index in [1.54, 1.807) is 12.3 Å². The Bertz CT molecular complexity index is 253. The van der Waals surface area contributed by atoms with Gasteiger partial charge in [-0.05, 0) is 6.07 Å². The summed E-state index contributed by atoms with van der Waals surface area (Å²) in [4.78, 5) is 10.9. The molecular formula is C7H13Cl2N3O2. The number of aromatic amines is 1. The topological polar surface area (TPSA) is 81.0 Å². The molecular weight excluding hydrogens is 229 g/mol. The van der Waals surface area contributed by atoms with Gasteiger partial charge in [0.1, 0.15) is 6.04 Å². The van der Waals surface area contributed by atoms with Gasteiger partial charge in [-0.1, -0.05) is 0 Å². The van der Waals surface area contributed by atoms with Crippen LogP contribution >= 0.6 is 24.8 Å². The van der Waals surface area contributed by atoms with E-state index in [4.69, 9.17) is 5.73 Å². The molecule has 14 heavy (non-hydrogen) atoms. The summed E-state index contributed by atoms with van der Waals surface area (Å²) in [5.74, 6) is -0.412. The summed E-state index contributed by atoms with van der Waals surface area (Å²) >= 11 is 0. The molecule has 82 valence electrons. The Morgan fingerprint density at radius 2 is 2.36 bits per heavy atom. The summed E-state index contributed by atoms with van der Waals surface area (Å²) in [6.45, 7) is 0. The number of H-pyrrole nitrogens is 1. The second kappa shape index (κ2) is 7.61. The number of nitrogens with two attached hydrogens (primary N) is 1. The van der Waals surface area contributed by atoms with E-state index >= 15 is 0 Å². The number of carbonyl (C=O) groups excluding carboxylic acids is 1. The van der Waals surface area contributed by atoms with Crippen LogP contribution < -0.4 is 5.73 Å². The van der Waals surface area contributed by atoms with Crippen molar-refractivity contribution in [1.82, 2.24) is 10.2 Å². The van der Waals surface area contributed by atoms with Crippen molar-refractivity contribution in [3.63, 3.8) is 0 Å². The molecule has 1 atom stereocenters. The van der Waals surface area contributed by atoms with Gasteiger partial charge in [0.25, 0.3) is 0 Å². The number of hydrogen-bond donors (Lipinski definition) is 2. The highest BCUT2D eigenvalue weighted by Gasteiger charge is 2.14. The van der Waals surface area contributed by atoms with Crippen molar-refractivity contribution in [2.45, 2.75) is 12.5 Å². The van der Waals surface area contributed by atoms with Crippen LogP contribution in [0.3, 0.4) is 0 Å². The van der Waals surface area contributed by atoms with Gasteiger partial charge < -0.3 is 10.5 Å². The average Bonchev–Trinajstić information content (AvgIpc) is 2.55. The van der Waals surface area contributed by atoms with E-state index in [1.807, 2.05) is 0 Å². The Labute approximate surface area is 94.2 Å². The summed E-state index contributed by atoms with van der Waals surface area (Å²) in [6.07, 6.45) is 2.03. The monoisotopic (exact) mass is 241 g/mol. The number of rotatable bonds is 3. The second-order valence-corrected chi connectivity index (χ2v) is 2.42. The zero-order valence-corrected chi connectivity index (χ0v) is 9.23. The lowest BCUT2D eigenvalue weighted by Crippen LogP contribution is -2.33. The minimum Gasteiger partial charge on any atom is -0.468 e. The van der Waals surface area contributed by atoms with E-state index in [2.05, 4.69) is 14.9 Å². The molecule has 0 saturated carbocycles. The van der Waals surface area contributed by atoms with Crippen LogP contribution in [-0.4, -0.2) is 29.3 Å². The molecule has 0 spiro atoms. The zero-order valence-electron chi connectivity index (χ0n) is 7.60. The number of carbonyl (C=O) groups is 1. The fourth-order valence-electron chi connectivity index (χ4n) is 0.870. The minimum absolute atomic E-state index is 0. The van der Waals surface area contributed by atoms with E-state index in [0.717, 1.165) is 5.69 Å². The molecule has 1 rings (SSSR count). The zero-order chi connectivity index (χ0) is 8.97. The van der Waals surface area contributed by atoms with Gasteiger partial charge in [-0.25, -0.2) is 0 Å². The first kappa shape index (κ1) is 15.7. The van der Waals surface area contributed by atoms with E-state index < -0.39 is 12.0 Å². The number of nitrogens with one attached hydrogen (secondary N) is 1. The van der Waals surface area contributed by atoms with Gasteiger partial charge in [0.15, 0.2) is 0 Å². The molecule has 1 heterocycles. The molecule has 7 heteroatoms. The molecule has 0 aliphatic rings. The molecule has 0 amide bonds. The molecule has 5 nitrogen and oxygen atoms in total. The van der Waals surface area contributed by atoms with Crippen molar-refractivity contribution in [2.24, 2.45) is 5.73 Å². The molecule has 1 unspecified atom stereocenters. The summed E-state index contributed by atoms with van der Waals surface area (Å²) in [5.41, 5.74) is 6.32. The van der Waals surface area contributed by atoms with Crippen LogP contribution in [0.4, 0.5) is 0 Å². The fourth-order valence-corrected chi connectivity index (χ4v) is 0.870. The Balaban J connectivity index is 0. The van der Waals surface area contributed by atoms with Crippen LogP contribution in [0, 0.1) is 0 Å². The van der Waals surface area contributed by atoms with Crippen LogP contribution in [-0.2, 0) is 16.0 Å². The van der Waals surface area contributed by atoms with Crippen molar-refractivity contribution in [3.05, 3.63) is 18.0 Å². The molecule has 0 aromatic carbocycles. The smallest absolute Gasteiger partial charge is 0.323 e. The SMILES string of the molecule is COC(=O)C(N)Cc1ccn[nH]1.Cl.Cl. The largest absolute Gasteiger partial charge is 0.468 e. The van der Waals surface area contributed by atoms with E-state index in [-0.39, 0.29) is 24.8 Å². The van der Waals surface area contributed by atoms with Gasteiger partial charge in [0.2, 0.25) is 0 Å². The fraction of sp³-hybridized carbons (Fsp3) is 0.429. The number of esters is 1. The van der Waals surface area contributed by atoms with Gasteiger partial charge in [-0.3, -0.25) is 9.89 Å². The van der Waals surface area contributed by atoms with Gasteiger partial charge in [0.05, 0.1) is 7.11 Å². The predicted molar refractivity (Wildman–Crippen MR) is 56.8 cm³/mol. The third kappa shape index (κ3) is 4.45. The lowest BCUT2D eigenvalue weighted by atomic mass is 10.2. The first-order chi connectivity index (χ1) is 5.74. The highest BCUT2D eigenvalue weighted by molar-refractivity contribution is 5.85. The minimum atomic E-state index is -0.615. The van der Waals surface area contributed by atoms with Crippen LogP contribution in [0.5, 0.6) is 0 Å². The molecule has 0 bridgehead atoms. The number of ether oxygens (including phenoxy) is 1. The van der Waals surface area contributed by atoms with Gasteiger partial charge in [-0.15, -0.1) is 24.8 Å². The molecule has 0 radical (unpaired) electrons. The molecule has 0 saturated heterocycles. The van der Waals surface area contributed by atoms with Crippen LogP contribution in [0.1, 0.15) is 5.69 Å². The predicted octanol–water partition coefficient (Wildman–Crippen LogP) is 0.296. The lowest BCUT2D eigenvalue weighted by molar-refractivity contribution is -0.142. The van der Waals surface area contributed by atoms with Crippen LogP contribution in [0.2, 0.25) is 0 Å². The van der Waals surface area contributed by atoms with Crippen LogP contribution in [0.15, 0.2) is 12.3 Å². The third-order valence-corrected chi connectivity index (χ3v) is 1.50. The Kier molecular flexibility index (Phi) is 8.52. The highest BCUT2D eigenvalue weighted by atomic mass is 35.5. The maximum Gasteiger partial charge on any atom is 0.323 e. The summed E-state index contributed by atoms with van der Waals surface area (Å²) in [6, 6.07) is 1.15. The Morgan fingerprint density at radius 3 is 2.79 bits per heavy atom. The number of hydrogen-bond acceptors (Lipinski definition) is 4. The second-order valence-electron chi connectivity index (χ2n) is 2.42. The molecule has 1 aromatic heterocycles. The van der Waals surface area contributed by atoms with E-state index in [1.165, 1.54) is 7.11 Å². The van der Waals surface area contributed by atoms with Gasteiger partial charge in [0, 0.05) is 18.3 Å². The van der Waals surface area contributed by atoms with Gasteiger partial charge >= 0.3 is 5.97 Å². The lowest BCUT2D eigenvalue weighted by Gasteiger charge is -2.06. The Hall–Kier alpha value is -0.780. The summed E-state index contributed by atoms with van der Waals surface area (Å²) in [7, 11) is 1.31.